The highest BCUT2D eigenvalue weighted by atomic mass is 14.2. The predicted octanol–water partition coefficient (Wildman–Crippen LogP) is 7.62. The first-order chi connectivity index (χ1) is 9.60. The molecule has 122 valence electrons. The summed E-state index contributed by atoms with van der Waals surface area (Å²) in [6.07, 6.45) is 17.3. The third kappa shape index (κ3) is 13.0. The van der Waals surface area contributed by atoms with Crippen LogP contribution in [0.25, 0.3) is 0 Å². The van der Waals surface area contributed by atoms with Gasteiger partial charge in [-0.3, -0.25) is 0 Å². The van der Waals surface area contributed by atoms with E-state index in [1.165, 1.54) is 77.0 Å². The smallest absolute Gasteiger partial charge is 0.0414 e. The highest BCUT2D eigenvalue weighted by molar-refractivity contribution is 4.64. The van der Waals surface area contributed by atoms with Gasteiger partial charge in [0.25, 0.3) is 0 Å². The summed E-state index contributed by atoms with van der Waals surface area (Å²) in [5.41, 5.74) is 0. The summed E-state index contributed by atoms with van der Waals surface area (Å²) in [7, 11) is 0. The minimum Gasteiger partial charge on any atom is -0.0654 e. The molecule has 0 spiro atoms. The topological polar surface area (TPSA) is 0 Å². The fourth-order valence-electron chi connectivity index (χ4n) is 3.26. The van der Waals surface area contributed by atoms with Crippen molar-refractivity contribution in [1.29, 1.82) is 0 Å². The lowest BCUT2D eigenvalue weighted by Gasteiger charge is -2.20. The van der Waals surface area contributed by atoms with Crippen LogP contribution in [0.1, 0.15) is 112 Å². The van der Waals surface area contributed by atoms with Crippen molar-refractivity contribution in [2.24, 2.45) is 17.8 Å². The minimum atomic E-state index is 0.882. The molecule has 0 radical (unpaired) electrons. The van der Waals surface area contributed by atoms with Gasteiger partial charge in [-0.25, -0.2) is 0 Å². The van der Waals surface area contributed by atoms with E-state index in [0.29, 0.717) is 0 Å². The molecule has 0 heterocycles. The second-order valence-electron chi connectivity index (χ2n) is 7.50. The quantitative estimate of drug-likeness (QED) is 0.287. The average molecular weight is 283 g/mol. The maximum Gasteiger partial charge on any atom is -0.0414 e. The Morgan fingerprint density at radius 2 is 1.30 bits per heavy atom. The van der Waals surface area contributed by atoms with Gasteiger partial charge in [-0.1, -0.05) is 105 Å². The SMILES string of the molecule is CCCCCCCCC(C)CC(CC)CCCC(C)C. The zero-order valence-electron chi connectivity index (χ0n) is 15.2. The van der Waals surface area contributed by atoms with Crippen molar-refractivity contribution in [3.05, 3.63) is 0 Å². The van der Waals surface area contributed by atoms with Crippen molar-refractivity contribution >= 4 is 0 Å². The van der Waals surface area contributed by atoms with Crippen LogP contribution in [-0.4, -0.2) is 0 Å². The van der Waals surface area contributed by atoms with E-state index in [9.17, 15) is 0 Å². The predicted molar refractivity (Wildman–Crippen MR) is 94.2 cm³/mol. The first-order valence-corrected chi connectivity index (χ1v) is 9.60. The van der Waals surface area contributed by atoms with Crippen molar-refractivity contribution in [2.75, 3.05) is 0 Å². The van der Waals surface area contributed by atoms with Gasteiger partial charge in [0.1, 0.15) is 0 Å². The second kappa shape index (κ2) is 14.0. The molecule has 0 aromatic carbocycles. The van der Waals surface area contributed by atoms with Crippen LogP contribution in [-0.2, 0) is 0 Å². The van der Waals surface area contributed by atoms with E-state index in [2.05, 4.69) is 34.6 Å². The Bertz CT molecular complexity index is 182. The lowest BCUT2D eigenvalue weighted by molar-refractivity contribution is 0.325. The van der Waals surface area contributed by atoms with E-state index in [1.54, 1.807) is 0 Å². The summed E-state index contributed by atoms with van der Waals surface area (Å²) in [6, 6.07) is 0. The maximum absolute atomic E-state index is 2.48. The Labute approximate surface area is 130 Å². The fraction of sp³-hybridized carbons (Fsp3) is 1.00. The summed E-state index contributed by atoms with van der Waals surface area (Å²) < 4.78 is 0. The molecule has 0 N–H and O–H groups in total. The number of hydrogen-bond donors (Lipinski definition) is 0. The molecule has 0 amide bonds. The molecule has 0 aliphatic heterocycles. The van der Waals surface area contributed by atoms with E-state index in [1.807, 2.05) is 0 Å². The van der Waals surface area contributed by atoms with Gasteiger partial charge in [0.05, 0.1) is 0 Å². The molecule has 0 aromatic rings. The number of hydrogen-bond acceptors (Lipinski definition) is 0. The Morgan fingerprint density at radius 1 is 0.650 bits per heavy atom. The molecule has 0 saturated carbocycles. The van der Waals surface area contributed by atoms with Crippen LogP contribution in [0.15, 0.2) is 0 Å². The van der Waals surface area contributed by atoms with Gasteiger partial charge in [0, 0.05) is 0 Å². The van der Waals surface area contributed by atoms with Gasteiger partial charge in [-0.2, -0.15) is 0 Å². The number of unbranched alkanes of at least 4 members (excludes halogenated alkanes) is 5. The molecule has 0 saturated heterocycles. The summed E-state index contributed by atoms with van der Waals surface area (Å²) >= 11 is 0. The molecule has 0 rings (SSSR count). The maximum atomic E-state index is 2.48. The van der Waals surface area contributed by atoms with E-state index in [-0.39, 0.29) is 0 Å². The molecule has 2 unspecified atom stereocenters. The molecule has 0 bridgehead atoms. The van der Waals surface area contributed by atoms with Crippen LogP contribution >= 0.6 is 0 Å². The first-order valence-electron chi connectivity index (χ1n) is 9.60. The van der Waals surface area contributed by atoms with Gasteiger partial charge in [0.2, 0.25) is 0 Å². The summed E-state index contributed by atoms with van der Waals surface area (Å²) in [6.45, 7) is 11.9. The first kappa shape index (κ1) is 20.0. The molecule has 0 nitrogen and oxygen atoms in total. The molecule has 0 aliphatic rings. The zero-order valence-corrected chi connectivity index (χ0v) is 15.2. The van der Waals surface area contributed by atoms with Gasteiger partial charge < -0.3 is 0 Å². The summed E-state index contributed by atoms with van der Waals surface area (Å²) in [4.78, 5) is 0. The van der Waals surface area contributed by atoms with Gasteiger partial charge in [-0.15, -0.1) is 0 Å². The minimum absolute atomic E-state index is 0.882. The van der Waals surface area contributed by atoms with E-state index in [0.717, 1.165) is 17.8 Å². The molecule has 2 atom stereocenters. The largest absolute Gasteiger partial charge is 0.0654 e. The van der Waals surface area contributed by atoms with Crippen LogP contribution in [0.5, 0.6) is 0 Å². The molecule has 20 heavy (non-hydrogen) atoms. The number of rotatable bonds is 14. The van der Waals surface area contributed by atoms with Gasteiger partial charge in [-0.05, 0) is 24.2 Å². The highest BCUT2D eigenvalue weighted by Gasteiger charge is 2.11. The van der Waals surface area contributed by atoms with Crippen molar-refractivity contribution in [1.82, 2.24) is 0 Å². The molecule has 0 aliphatic carbocycles. The lowest BCUT2D eigenvalue weighted by Crippen LogP contribution is -2.06. The standard InChI is InChI=1S/C20H42/c1-6-8-9-10-11-12-15-19(5)17-20(7-2)16-13-14-18(3)4/h18-20H,6-17H2,1-5H3. The van der Waals surface area contributed by atoms with Crippen LogP contribution in [0.4, 0.5) is 0 Å². The van der Waals surface area contributed by atoms with Crippen molar-refractivity contribution in [2.45, 2.75) is 112 Å². The normalized spacial score (nSPS) is 14.7. The molecular formula is C20H42. The second-order valence-corrected chi connectivity index (χ2v) is 7.50. The van der Waals surface area contributed by atoms with Gasteiger partial charge in [0.15, 0.2) is 0 Å². The van der Waals surface area contributed by atoms with Crippen LogP contribution in [0.2, 0.25) is 0 Å². The Kier molecular flexibility index (Phi) is 14.0. The molecular weight excluding hydrogens is 240 g/mol. The van der Waals surface area contributed by atoms with Crippen LogP contribution < -0.4 is 0 Å². The van der Waals surface area contributed by atoms with Crippen molar-refractivity contribution in [3.8, 4) is 0 Å². The third-order valence-corrected chi connectivity index (χ3v) is 4.76. The monoisotopic (exact) mass is 282 g/mol. The van der Waals surface area contributed by atoms with Crippen LogP contribution in [0, 0.1) is 17.8 Å². The summed E-state index contributed by atoms with van der Waals surface area (Å²) in [5, 5.41) is 0. The van der Waals surface area contributed by atoms with Crippen LogP contribution in [0.3, 0.4) is 0 Å². The van der Waals surface area contributed by atoms with E-state index >= 15 is 0 Å². The zero-order chi connectivity index (χ0) is 15.2. The third-order valence-electron chi connectivity index (χ3n) is 4.76. The Balaban J connectivity index is 3.56. The Morgan fingerprint density at radius 3 is 1.90 bits per heavy atom. The lowest BCUT2D eigenvalue weighted by atomic mass is 9.86. The molecule has 0 fully saturated rings. The fourth-order valence-corrected chi connectivity index (χ4v) is 3.26. The van der Waals surface area contributed by atoms with E-state index in [4.69, 9.17) is 0 Å². The Hall–Kier alpha value is 0. The van der Waals surface area contributed by atoms with Gasteiger partial charge >= 0.3 is 0 Å². The van der Waals surface area contributed by atoms with Crippen molar-refractivity contribution in [3.63, 3.8) is 0 Å². The van der Waals surface area contributed by atoms with Crippen molar-refractivity contribution < 1.29 is 0 Å². The molecule has 0 aromatic heterocycles. The highest BCUT2D eigenvalue weighted by Crippen LogP contribution is 2.25. The van der Waals surface area contributed by atoms with E-state index < -0.39 is 0 Å². The average Bonchev–Trinajstić information content (AvgIpc) is 2.41. The molecule has 0 heteroatoms. The summed E-state index contributed by atoms with van der Waals surface area (Å²) in [5.74, 6) is 2.82.